The molecule has 5 aromatic rings. The SMILES string of the molecule is COc1cc(C=CC(=O)OC[C@H]2O[C@@H](Oc3cc4c(O[C@@H]5O[C@H](CO)[C@@H](O)[C@H](O)[C@H]5O)cc(O)cc4[o+]c3-c3ccc(O)c(O)c3)[C@H](O[C@@H]3OC[C@@H](O)[C@H](O)[C@H]3OC(=O)C=Cc3ccc(O)c(OC)c3)[C@@H](O)[C@@H]2O)ccc1O. The summed E-state index contributed by atoms with van der Waals surface area (Å²) in [6, 6.07) is 15.1. The number of methoxy groups -OCH3 is 2. The van der Waals surface area contributed by atoms with Crippen molar-refractivity contribution in [1.29, 1.82) is 0 Å². The first-order chi connectivity index (χ1) is 37.3. The van der Waals surface area contributed by atoms with E-state index in [-0.39, 0.29) is 51.0 Å². The van der Waals surface area contributed by atoms with Crippen molar-refractivity contribution in [3.05, 3.63) is 96.1 Å². The highest BCUT2D eigenvalue weighted by molar-refractivity contribution is 5.89. The Hall–Kier alpha value is -7.57. The van der Waals surface area contributed by atoms with Gasteiger partial charge in [0, 0.05) is 30.4 Å². The molecule has 13 N–H and O–H groups in total. The zero-order valence-corrected chi connectivity index (χ0v) is 41.1. The van der Waals surface area contributed by atoms with E-state index in [0.29, 0.717) is 11.1 Å². The lowest BCUT2D eigenvalue weighted by molar-refractivity contribution is -0.345. The Morgan fingerprint density at radius 1 is 0.603 bits per heavy atom. The normalized spacial score (nSPS) is 28.3. The molecule has 26 nitrogen and oxygen atoms in total. The Balaban J connectivity index is 1.16. The summed E-state index contributed by atoms with van der Waals surface area (Å²) in [6.45, 7) is -2.23. The zero-order valence-electron chi connectivity index (χ0n) is 41.1. The standard InChI is InChI=1S/C52H54O26/c1-68-34-13-22(3-8-28(34)56)5-11-39(60)70-21-38-43(64)45(66)49(78-51-48(41(62)31(59)20-71-51)77-40(61)12-6-23-4-9-29(57)35(14-23)69-2)52(76-38)74-36-18-26-32(72-47(36)24-7-10-27(55)30(58)15-24)16-25(54)17-33(26)73-50-46(67)44(65)42(63)37(19-53)75-50/h3-18,31,37-38,41-46,48-53,59,62-67H,19-21H2,1-2H3,(H4-,54,55,56,57,58,60,61)/p+1/t31-,37-,38-,41+,42-,43-,44+,45+,46-,48-,49-,50-,51+,52-/m1/s1. The molecule has 3 fully saturated rings. The molecule has 4 heterocycles. The van der Waals surface area contributed by atoms with E-state index < -0.39 is 141 Å². The maximum absolute atomic E-state index is 13.3. The number of ether oxygens (including phenoxy) is 10. The van der Waals surface area contributed by atoms with Gasteiger partial charge < -0.3 is 114 Å². The summed E-state index contributed by atoms with van der Waals surface area (Å²) in [6.07, 6.45) is -21.4. The summed E-state index contributed by atoms with van der Waals surface area (Å²) < 4.78 is 63.3. The second-order valence-electron chi connectivity index (χ2n) is 17.9. The van der Waals surface area contributed by atoms with Gasteiger partial charge in [-0.2, -0.15) is 0 Å². The van der Waals surface area contributed by atoms with Crippen LogP contribution in [0, 0.1) is 0 Å². The average molecular weight is 1100 g/mol. The fourth-order valence-electron chi connectivity index (χ4n) is 8.39. The Bertz CT molecular complexity index is 3000. The van der Waals surface area contributed by atoms with Crippen LogP contribution in [0.4, 0.5) is 0 Å². The molecule has 418 valence electrons. The van der Waals surface area contributed by atoms with E-state index in [1.165, 1.54) is 74.9 Å². The minimum atomic E-state index is -2.12. The molecular weight excluding hydrogens is 1040 g/mol. The van der Waals surface area contributed by atoms with Crippen molar-refractivity contribution in [2.24, 2.45) is 0 Å². The van der Waals surface area contributed by atoms with Crippen molar-refractivity contribution < 1.29 is 128 Å². The second kappa shape index (κ2) is 24.4. The van der Waals surface area contributed by atoms with Crippen LogP contribution in [0.25, 0.3) is 34.4 Å². The van der Waals surface area contributed by atoms with Gasteiger partial charge in [0.25, 0.3) is 0 Å². The summed E-state index contributed by atoms with van der Waals surface area (Å²) in [5.74, 6) is -5.02. The molecule has 0 aliphatic carbocycles. The van der Waals surface area contributed by atoms with Gasteiger partial charge in [0.05, 0.1) is 39.1 Å². The lowest BCUT2D eigenvalue weighted by Gasteiger charge is -2.45. The van der Waals surface area contributed by atoms with Gasteiger partial charge in [-0.15, -0.1) is 0 Å². The number of carbonyl (C=O) groups excluding carboxylic acids is 2. The van der Waals surface area contributed by atoms with Crippen LogP contribution in [0.2, 0.25) is 0 Å². The van der Waals surface area contributed by atoms with Gasteiger partial charge in [-0.05, 0) is 59.7 Å². The van der Waals surface area contributed by atoms with E-state index >= 15 is 0 Å². The molecule has 14 atom stereocenters. The quantitative estimate of drug-likeness (QED) is 0.0257. The van der Waals surface area contributed by atoms with Gasteiger partial charge >= 0.3 is 23.3 Å². The van der Waals surface area contributed by atoms with Crippen molar-refractivity contribution >= 4 is 35.1 Å². The highest BCUT2D eigenvalue weighted by Gasteiger charge is 2.52. The van der Waals surface area contributed by atoms with Crippen molar-refractivity contribution in [2.75, 3.05) is 34.0 Å². The topological polar surface area (TPSA) is 401 Å². The number of hydrogen-bond acceptors (Lipinski definition) is 25. The smallest absolute Gasteiger partial charge is 0.402 e. The van der Waals surface area contributed by atoms with E-state index in [9.17, 15) is 76.0 Å². The molecule has 1 aromatic heterocycles. The monoisotopic (exact) mass is 1100 g/mol. The maximum Gasteiger partial charge on any atom is 0.402 e. The minimum Gasteiger partial charge on any atom is -0.507 e. The first-order valence-corrected chi connectivity index (χ1v) is 23.7. The molecule has 3 saturated heterocycles. The molecule has 26 heteroatoms. The summed E-state index contributed by atoms with van der Waals surface area (Å²) in [5.41, 5.74) is 0.549. The third kappa shape index (κ3) is 12.6. The van der Waals surface area contributed by atoms with Gasteiger partial charge in [-0.25, -0.2) is 14.0 Å². The summed E-state index contributed by atoms with van der Waals surface area (Å²) in [7, 11) is 2.64. The van der Waals surface area contributed by atoms with E-state index in [1.807, 2.05) is 0 Å². The number of esters is 2. The van der Waals surface area contributed by atoms with Crippen LogP contribution in [0.15, 0.2) is 89.4 Å². The highest BCUT2D eigenvalue weighted by Crippen LogP contribution is 2.44. The third-order valence-electron chi connectivity index (χ3n) is 12.6. The Kier molecular flexibility index (Phi) is 17.7. The average Bonchev–Trinajstić information content (AvgIpc) is 3.44. The summed E-state index contributed by atoms with van der Waals surface area (Å²) in [5, 5.41) is 139. The number of hydrogen-bond donors (Lipinski definition) is 13. The van der Waals surface area contributed by atoms with Crippen LogP contribution in [0.1, 0.15) is 11.1 Å². The molecule has 0 unspecified atom stereocenters. The Labute approximate surface area is 441 Å². The van der Waals surface area contributed by atoms with Crippen LogP contribution in [-0.4, -0.2) is 198 Å². The number of aliphatic hydroxyl groups excluding tert-OH is 8. The number of fused-ring (bicyclic) bond motifs is 1. The molecular formula is C52H55O26+. The van der Waals surface area contributed by atoms with Crippen molar-refractivity contribution in [1.82, 2.24) is 0 Å². The van der Waals surface area contributed by atoms with Crippen molar-refractivity contribution in [3.63, 3.8) is 0 Å². The third-order valence-corrected chi connectivity index (χ3v) is 12.6. The largest absolute Gasteiger partial charge is 0.507 e. The molecule has 78 heavy (non-hydrogen) atoms. The van der Waals surface area contributed by atoms with Gasteiger partial charge in [0.2, 0.25) is 18.3 Å². The lowest BCUT2D eigenvalue weighted by Crippen LogP contribution is -2.64. The number of benzene rings is 4. The molecule has 8 rings (SSSR count). The summed E-state index contributed by atoms with van der Waals surface area (Å²) >= 11 is 0. The van der Waals surface area contributed by atoms with Gasteiger partial charge in [0.1, 0.15) is 78.4 Å². The predicted octanol–water partition coefficient (Wildman–Crippen LogP) is 0.275. The van der Waals surface area contributed by atoms with Crippen molar-refractivity contribution in [3.8, 4) is 63.1 Å². The minimum absolute atomic E-state index is 0.0298. The first-order valence-electron chi connectivity index (χ1n) is 23.7. The van der Waals surface area contributed by atoms with Gasteiger partial charge in [-0.1, -0.05) is 12.1 Å². The van der Waals surface area contributed by atoms with Crippen LogP contribution >= 0.6 is 0 Å². The van der Waals surface area contributed by atoms with Crippen LogP contribution in [0.5, 0.6) is 51.7 Å². The fourth-order valence-corrected chi connectivity index (χ4v) is 8.39. The van der Waals surface area contributed by atoms with E-state index in [2.05, 4.69) is 0 Å². The number of phenols is 5. The summed E-state index contributed by atoms with van der Waals surface area (Å²) in [4.78, 5) is 26.4. The Morgan fingerprint density at radius 3 is 1.86 bits per heavy atom. The molecule has 3 aliphatic rings. The Morgan fingerprint density at radius 2 is 1.22 bits per heavy atom. The fraction of sp³-hybridized carbons (Fsp3) is 0.365. The zero-order chi connectivity index (χ0) is 56.1. The van der Waals surface area contributed by atoms with E-state index in [4.69, 9.17) is 51.8 Å². The lowest BCUT2D eigenvalue weighted by atomic mass is 9.98. The molecule has 3 aliphatic heterocycles. The van der Waals surface area contributed by atoms with Gasteiger partial charge in [0.15, 0.2) is 53.0 Å². The van der Waals surface area contributed by atoms with Crippen LogP contribution < -0.4 is 18.9 Å². The number of carbonyl (C=O) groups is 2. The molecule has 0 amide bonds. The predicted molar refractivity (Wildman–Crippen MR) is 262 cm³/mol. The highest BCUT2D eigenvalue weighted by atomic mass is 16.8. The number of aromatic hydroxyl groups is 5. The number of phenolic OH excluding ortho intramolecular Hbond substituents is 5. The molecule has 0 spiro atoms. The van der Waals surface area contributed by atoms with E-state index in [0.717, 1.165) is 36.4 Å². The molecule has 4 aromatic carbocycles. The molecule has 0 bridgehead atoms. The van der Waals surface area contributed by atoms with Crippen LogP contribution in [0.3, 0.4) is 0 Å². The second-order valence-corrected chi connectivity index (χ2v) is 17.9. The van der Waals surface area contributed by atoms with Crippen molar-refractivity contribution in [2.45, 2.75) is 86.0 Å². The molecule has 0 saturated carbocycles. The maximum atomic E-state index is 13.3. The first kappa shape index (κ1) is 56.6. The van der Waals surface area contributed by atoms with Gasteiger partial charge in [-0.3, -0.25) is 0 Å². The number of aliphatic hydroxyl groups is 8. The van der Waals surface area contributed by atoms with Crippen LogP contribution in [-0.2, 0) is 38.0 Å². The van der Waals surface area contributed by atoms with E-state index in [1.54, 1.807) is 0 Å². The number of rotatable bonds is 17. The molecule has 0 radical (unpaired) electrons.